The van der Waals surface area contributed by atoms with Gasteiger partial charge in [0.1, 0.15) is 12.2 Å². The smallest absolute Gasteiger partial charge is 0.166 e. The number of hydrogen-bond acceptors (Lipinski definition) is 5. The zero-order valence-electron chi connectivity index (χ0n) is 8.45. The third-order valence-corrected chi connectivity index (χ3v) is 4.47. The number of hydrogen-bond donors (Lipinski definition) is 0. The largest absolute Gasteiger partial charge is 0.334 e. The molecule has 3 aliphatic heterocycles. The molecule has 0 aromatic heterocycles. The van der Waals surface area contributed by atoms with Crippen molar-refractivity contribution < 1.29 is 14.2 Å². The summed E-state index contributed by atoms with van der Waals surface area (Å²) in [5, 5.41) is 18.0. The van der Waals surface area contributed by atoms with Gasteiger partial charge in [0.05, 0.1) is 12.1 Å². The number of nitrogens with zero attached hydrogens (tertiary/aromatic N) is 2. The van der Waals surface area contributed by atoms with Crippen molar-refractivity contribution in [2.75, 3.05) is 0 Å². The highest BCUT2D eigenvalue weighted by Gasteiger charge is 2.68. The molecule has 5 nitrogen and oxygen atoms in total. The van der Waals surface area contributed by atoms with Crippen LogP contribution in [0.2, 0.25) is 0 Å². The van der Waals surface area contributed by atoms with Gasteiger partial charge in [0.2, 0.25) is 0 Å². The molecular formula is C11H10N2O3. The van der Waals surface area contributed by atoms with E-state index in [0.29, 0.717) is 0 Å². The monoisotopic (exact) mass is 218 g/mol. The van der Waals surface area contributed by atoms with Gasteiger partial charge in [0.15, 0.2) is 12.6 Å². The lowest BCUT2D eigenvalue weighted by molar-refractivity contribution is -0.203. The Bertz CT molecular complexity index is 388. The van der Waals surface area contributed by atoms with Crippen molar-refractivity contribution in [1.82, 2.24) is 0 Å². The zero-order chi connectivity index (χ0) is 10.9. The summed E-state index contributed by atoms with van der Waals surface area (Å²) >= 11 is 0. The Balaban J connectivity index is 1.73. The second-order valence-electron chi connectivity index (χ2n) is 4.96. The first-order valence-electron chi connectivity index (χ1n) is 5.59. The van der Waals surface area contributed by atoms with Crippen LogP contribution in [0.4, 0.5) is 0 Å². The first-order chi connectivity index (χ1) is 7.83. The number of rotatable bonds is 0. The highest BCUT2D eigenvalue weighted by Crippen LogP contribution is 2.61. The van der Waals surface area contributed by atoms with Gasteiger partial charge in [-0.3, -0.25) is 0 Å². The summed E-state index contributed by atoms with van der Waals surface area (Å²) in [6.07, 6.45) is -0.423. The molecule has 4 rings (SSSR count). The van der Waals surface area contributed by atoms with E-state index >= 15 is 0 Å². The third kappa shape index (κ3) is 0.824. The van der Waals surface area contributed by atoms with E-state index in [1.54, 1.807) is 0 Å². The van der Waals surface area contributed by atoms with Crippen LogP contribution in [0.15, 0.2) is 0 Å². The summed E-state index contributed by atoms with van der Waals surface area (Å²) in [5.74, 6) is 0.987. The van der Waals surface area contributed by atoms with Crippen molar-refractivity contribution in [2.24, 2.45) is 23.7 Å². The van der Waals surface area contributed by atoms with Gasteiger partial charge in [-0.25, -0.2) is 0 Å². The maximum absolute atomic E-state index is 9.01. The average Bonchev–Trinajstić information content (AvgIpc) is 2.95. The molecule has 8 atom stereocenters. The minimum atomic E-state index is -0.360. The molecule has 16 heavy (non-hydrogen) atoms. The fraction of sp³-hybridized carbons (Fsp3) is 0.818. The minimum Gasteiger partial charge on any atom is -0.334 e. The van der Waals surface area contributed by atoms with E-state index in [0.717, 1.165) is 6.42 Å². The average molecular weight is 218 g/mol. The van der Waals surface area contributed by atoms with Crippen molar-refractivity contribution in [2.45, 2.75) is 31.2 Å². The lowest BCUT2D eigenvalue weighted by Gasteiger charge is -2.15. The van der Waals surface area contributed by atoms with Crippen molar-refractivity contribution >= 4 is 0 Å². The Kier molecular flexibility index (Phi) is 1.54. The fourth-order valence-electron chi connectivity index (χ4n) is 3.92. The fourth-order valence-corrected chi connectivity index (χ4v) is 3.92. The van der Waals surface area contributed by atoms with Crippen LogP contribution in [0.1, 0.15) is 6.42 Å². The van der Waals surface area contributed by atoms with E-state index in [4.69, 9.17) is 24.7 Å². The first kappa shape index (κ1) is 8.95. The van der Waals surface area contributed by atoms with E-state index < -0.39 is 0 Å². The summed E-state index contributed by atoms with van der Waals surface area (Å²) in [6.45, 7) is 0. The van der Waals surface area contributed by atoms with Crippen LogP contribution in [0, 0.1) is 46.3 Å². The molecule has 5 heteroatoms. The summed E-state index contributed by atoms with van der Waals surface area (Å²) in [5.41, 5.74) is 0. The van der Waals surface area contributed by atoms with Crippen LogP contribution >= 0.6 is 0 Å². The van der Waals surface area contributed by atoms with E-state index in [2.05, 4.69) is 12.1 Å². The summed E-state index contributed by atoms with van der Waals surface area (Å²) in [4.78, 5) is 0. The first-order valence-corrected chi connectivity index (χ1v) is 5.59. The van der Waals surface area contributed by atoms with Crippen LogP contribution in [0.25, 0.3) is 0 Å². The van der Waals surface area contributed by atoms with E-state index in [9.17, 15) is 0 Å². The van der Waals surface area contributed by atoms with Crippen molar-refractivity contribution in [1.29, 1.82) is 10.5 Å². The molecule has 0 radical (unpaired) electrons. The lowest BCUT2D eigenvalue weighted by Crippen LogP contribution is -2.22. The van der Waals surface area contributed by atoms with E-state index in [1.807, 2.05) is 0 Å². The third-order valence-electron chi connectivity index (χ3n) is 4.47. The molecule has 3 heterocycles. The van der Waals surface area contributed by atoms with Crippen LogP contribution in [0.3, 0.4) is 0 Å². The minimum absolute atomic E-state index is 0.231. The zero-order valence-corrected chi connectivity index (χ0v) is 8.45. The normalized spacial score (nSPS) is 60.6. The molecule has 0 bridgehead atoms. The standard InChI is InChI=1S/C11H10N2O3/c12-2-6-4-1-5-7(3-13)15-11-9(5)8(4)10(14-6)16-11/h4-11H,1H2/t4-,5+,6-,7+,8-,9-,10-,11+/m1/s1. The van der Waals surface area contributed by atoms with Crippen LogP contribution < -0.4 is 0 Å². The Labute approximate surface area is 92.5 Å². The predicted octanol–water partition coefficient (Wildman–Crippen LogP) is 0.382. The Morgan fingerprint density at radius 1 is 0.812 bits per heavy atom. The maximum atomic E-state index is 9.01. The highest BCUT2D eigenvalue weighted by molar-refractivity contribution is 5.15. The number of ether oxygens (including phenoxy) is 3. The summed E-state index contributed by atoms with van der Waals surface area (Å²) in [6, 6.07) is 4.37. The quantitative estimate of drug-likeness (QED) is 0.587. The number of nitriles is 2. The van der Waals surface area contributed by atoms with Gasteiger partial charge in [0, 0.05) is 23.7 Å². The van der Waals surface area contributed by atoms with Gasteiger partial charge in [-0.05, 0) is 6.42 Å². The molecule has 0 N–H and O–H groups in total. The van der Waals surface area contributed by atoms with E-state index in [-0.39, 0.29) is 48.5 Å². The molecular weight excluding hydrogens is 208 g/mol. The molecule has 1 aliphatic carbocycles. The Morgan fingerprint density at radius 2 is 1.31 bits per heavy atom. The highest BCUT2D eigenvalue weighted by atomic mass is 16.8. The van der Waals surface area contributed by atoms with Gasteiger partial charge in [-0.2, -0.15) is 10.5 Å². The van der Waals surface area contributed by atoms with Crippen LogP contribution in [-0.4, -0.2) is 24.8 Å². The Hall–Kier alpha value is -1.14. The van der Waals surface area contributed by atoms with Gasteiger partial charge in [-0.15, -0.1) is 0 Å². The second kappa shape index (κ2) is 2.75. The molecule has 3 saturated heterocycles. The van der Waals surface area contributed by atoms with Crippen molar-refractivity contribution in [3.8, 4) is 12.1 Å². The molecule has 0 spiro atoms. The topological polar surface area (TPSA) is 75.3 Å². The van der Waals surface area contributed by atoms with Gasteiger partial charge >= 0.3 is 0 Å². The molecule has 4 aliphatic rings. The molecule has 82 valence electrons. The molecule has 0 aromatic rings. The van der Waals surface area contributed by atoms with Crippen molar-refractivity contribution in [3.63, 3.8) is 0 Å². The van der Waals surface area contributed by atoms with Gasteiger partial charge < -0.3 is 14.2 Å². The SMILES string of the molecule is N#C[C@@H]1O[C@H]2O[C@H]3O[C@H](C#N)[C@H]4C[C@@H]1[C@@H]2[C@H]34. The molecule has 4 fully saturated rings. The summed E-state index contributed by atoms with van der Waals surface area (Å²) < 4.78 is 16.7. The molecule has 0 unspecified atom stereocenters. The van der Waals surface area contributed by atoms with Gasteiger partial charge in [0.25, 0.3) is 0 Å². The van der Waals surface area contributed by atoms with Crippen LogP contribution in [-0.2, 0) is 14.2 Å². The Morgan fingerprint density at radius 3 is 1.75 bits per heavy atom. The van der Waals surface area contributed by atoms with E-state index in [1.165, 1.54) is 0 Å². The van der Waals surface area contributed by atoms with Crippen LogP contribution in [0.5, 0.6) is 0 Å². The second-order valence-corrected chi connectivity index (χ2v) is 4.96. The van der Waals surface area contributed by atoms with Crippen molar-refractivity contribution in [3.05, 3.63) is 0 Å². The molecule has 1 saturated carbocycles. The summed E-state index contributed by atoms with van der Waals surface area (Å²) in [7, 11) is 0. The lowest BCUT2D eigenvalue weighted by atomic mass is 9.88. The molecule has 0 amide bonds. The maximum Gasteiger partial charge on any atom is 0.166 e. The molecule has 0 aromatic carbocycles. The predicted molar refractivity (Wildman–Crippen MR) is 48.2 cm³/mol. The van der Waals surface area contributed by atoms with Gasteiger partial charge in [-0.1, -0.05) is 0 Å².